The fourth-order valence-corrected chi connectivity index (χ4v) is 2.88. The first kappa shape index (κ1) is 13.2. The van der Waals surface area contributed by atoms with Crippen LogP contribution < -0.4 is 0 Å². The molecule has 4 heteroatoms. The molecule has 0 bridgehead atoms. The van der Waals surface area contributed by atoms with E-state index in [0.29, 0.717) is 11.3 Å². The van der Waals surface area contributed by atoms with Crippen molar-refractivity contribution in [1.29, 1.82) is 0 Å². The highest BCUT2D eigenvalue weighted by Crippen LogP contribution is 2.23. The third-order valence-electron chi connectivity index (χ3n) is 4.21. The number of halogens is 1. The number of aromatic amines is 1. The highest BCUT2D eigenvalue weighted by Gasteiger charge is 2.21. The number of hydrogen-bond donors (Lipinski definition) is 1. The second-order valence-electron chi connectivity index (χ2n) is 5.72. The quantitative estimate of drug-likeness (QED) is 0.897. The van der Waals surface area contributed by atoms with Gasteiger partial charge in [0.15, 0.2) is 0 Å². The van der Waals surface area contributed by atoms with Crippen molar-refractivity contribution in [1.82, 2.24) is 9.88 Å². The number of benzene rings is 1. The van der Waals surface area contributed by atoms with Gasteiger partial charge < -0.3 is 9.88 Å². The van der Waals surface area contributed by atoms with Gasteiger partial charge in [-0.1, -0.05) is 13.0 Å². The predicted molar refractivity (Wildman–Crippen MR) is 76.9 cm³/mol. The van der Waals surface area contributed by atoms with E-state index >= 15 is 0 Å². The van der Waals surface area contributed by atoms with Crippen LogP contribution in [0, 0.1) is 11.7 Å². The van der Waals surface area contributed by atoms with E-state index in [1.54, 1.807) is 12.3 Å². The van der Waals surface area contributed by atoms with Gasteiger partial charge in [0.25, 0.3) is 0 Å². The Kier molecular flexibility index (Phi) is 3.47. The van der Waals surface area contributed by atoms with E-state index in [2.05, 4.69) is 11.9 Å². The van der Waals surface area contributed by atoms with Crippen LogP contribution in [0.1, 0.15) is 25.3 Å². The van der Waals surface area contributed by atoms with Gasteiger partial charge in [0.05, 0.1) is 6.42 Å². The fourth-order valence-electron chi connectivity index (χ4n) is 2.88. The van der Waals surface area contributed by atoms with Crippen molar-refractivity contribution in [3.05, 3.63) is 35.8 Å². The van der Waals surface area contributed by atoms with Gasteiger partial charge in [-0.15, -0.1) is 0 Å². The number of amides is 1. The smallest absolute Gasteiger partial charge is 0.227 e. The number of nitrogens with one attached hydrogen (secondary N) is 1. The fraction of sp³-hybridized carbons (Fsp3) is 0.438. The summed E-state index contributed by atoms with van der Waals surface area (Å²) in [6.45, 7) is 3.87. The molecule has 1 aromatic heterocycles. The maximum Gasteiger partial charge on any atom is 0.227 e. The lowest BCUT2D eigenvalue weighted by atomic mass is 9.98. The van der Waals surface area contributed by atoms with E-state index in [4.69, 9.17) is 0 Å². The molecular weight excluding hydrogens is 255 g/mol. The Morgan fingerprint density at radius 1 is 1.40 bits per heavy atom. The van der Waals surface area contributed by atoms with Crippen LogP contribution >= 0.6 is 0 Å². The zero-order chi connectivity index (χ0) is 14.1. The lowest BCUT2D eigenvalue weighted by Crippen LogP contribution is -2.38. The number of rotatable bonds is 2. The molecule has 0 unspecified atom stereocenters. The molecule has 1 saturated heterocycles. The molecule has 1 aliphatic rings. The number of likely N-dealkylation sites (tertiary alicyclic amines) is 1. The van der Waals surface area contributed by atoms with Gasteiger partial charge in [0, 0.05) is 30.2 Å². The molecule has 2 heterocycles. The Morgan fingerprint density at radius 2 is 2.15 bits per heavy atom. The highest BCUT2D eigenvalue weighted by atomic mass is 19.1. The summed E-state index contributed by atoms with van der Waals surface area (Å²) < 4.78 is 13.9. The average Bonchev–Trinajstić information content (AvgIpc) is 2.84. The van der Waals surface area contributed by atoms with Gasteiger partial charge in [0.1, 0.15) is 5.82 Å². The van der Waals surface area contributed by atoms with Crippen molar-refractivity contribution in [2.45, 2.75) is 26.2 Å². The second kappa shape index (κ2) is 5.27. The molecule has 1 aromatic carbocycles. The first-order valence-corrected chi connectivity index (χ1v) is 7.17. The molecule has 1 N–H and O–H groups in total. The first-order chi connectivity index (χ1) is 9.65. The SMILES string of the molecule is CC1CCN(C(=O)Cc2c[nH]c3cccc(F)c23)CC1. The van der Waals surface area contributed by atoms with Crippen LogP contribution in [0.5, 0.6) is 0 Å². The van der Waals surface area contributed by atoms with Crippen molar-refractivity contribution in [2.75, 3.05) is 13.1 Å². The van der Waals surface area contributed by atoms with Gasteiger partial charge in [-0.2, -0.15) is 0 Å². The van der Waals surface area contributed by atoms with Crippen LogP contribution in [-0.4, -0.2) is 28.9 Å². The summed E-state index contributed by atoms with van der Waals surface area (Å²) in [4.78, 5) is 17.3. The van der Waals surface area contributed by atoms with Crippen molar-refractivity contribution in [3.63, 3.8) is 0 Å². The molecule has 1 aliphatic heterocycles. The highest BCUT2D eigenvalue weighted by molar-refractivity contribution is 5.89. The van der Waals surface area contributed by atoms with Gasteiger partial charge >= 0.3 is 0 Å². The van der Waals surface area contributed by atoms with Gasteiger partial charge in [-0.3, -0.25) is 4.79 Å². The molecule has 3 nitrogen and oxygen atoms in total. The number of carbonyl (C=O) groups excluding carboxylic acids is 1. The van der Waals surface area contributed by atoms with Crippen LogP contribution in [0.15, 0.2) is 24.4 Å². The second-order valence-corrected chi connectivity index (χ2v) is 5.72. The maximum atomic E-state index is 13.9. The molecular formula is C16H19FN2O. The molecule has 2 aromatic rings. The van der Waals surface area contributed by atoms with E-state index in [0.717, 1.165) is 37.0 Å². The molecule has 0 spiro atoms. The zero-order valence-electron chi connectivity index (χ0n) is 11.7. The van der Waals surface area contributed by atoms with E-state index < -0.39 is 0 Å². The molecule has 3 rings (SSSR count). The van der Waals surface area contributed by atoms with Gasteiger partial charge in [0.2, 0.25) is 5.91 Å². The predicted octanol–water partition coefficient (Wildman–Crippen LogP) is 3.11. The summed E-state index contributed by atoms with van der Waals surface area (Å²) in [5.41, 5.74) is 1.50. The lowest BCUT2D eigenvalue weighted by Gasteiger charge is -2.30. The minimum Gasteiger partial charge on any atom is -0.361 e. The van der Waals surface area contributed by atoms with E-state index in [1.807, 2.05) is 11.0 Å². The Balaban J connectivity index is 1.78. The van der Waals surface area contributed by atoms with Gasteiger partial charge in [-0.05, 0) is 36.5 Å². The molecule has 0 radical (unpaired) electrons. The van der Waals surface area contributed by atoms with Gasteiger partial charge in [-0.25, -0.2) is 4.39 Å². The number of H-pyrrole nitrogens is 1. The molecule has 0 aliphatic carbocycles. The van der Waals surface area contributed by atoms with E-state index in [9.17, 15) is 9.18 Å². The Bertz CT molecular complexity index is 626. The zero-order valence-corrected chi connectivity index (χ0v) is 11.7. The molecule has 1 amide bonds. The van der Waals surface area contributed by atoms with Crippen LogP contribution in [-0.2, 0) is 11.2 Å². The number of hydrogen-bond acceptors (Lipinski definition) is 1. The lowest BCUT2D eigenvalue weighted by molar-refractivity contribution is -0.131. The summed E-state index contributed by atoms with van der Waals surface area (Å²) in [6, 6.07) is 4.94. The Labute approximate surface area is 117 Å². The summed E-state index contributed by atoms with van der Waals surface area (Å²) in [5.74, 6) is 0.532. The number of nitrogens with zero attached hydrogens (tertiary/aromatic N) is 1. The minimum atomic E-state index is -0.265. The van der Waals surface area contributed by atoms with Crippen molar-refractivity contribution >= 4 is 16.8 Å². The van der Waals surface area contributed by atoms with E-state index in [-0.39, 0.29) is 18.1 Å². The maximum absolute atomic E-state index is 13.9. The van der Waals surface area contributed by atoms with Crippen molar-refractivity contribution in [2.24, 2.45) is 5.92 Å². The summed E-state index contributed by atoms with van der Waals surface area (Å²) in [7, 11) is 0. The summed E-state index contributed by atoms with van der Waals surface area (Å²) in [6.07, 6.45) is 4.15. The summed E-state index contributed by atoms with van der Waals surface area (Å²) in [5, 5.41) is 0.547. The number of fused-ring (bicyclic) bond motifs is 1. The Morgan fingerprint density at radius 3 is 2.90 bits per heavy atom. The molecule has 20 heavy (non-hydrogen) atoms. The van der Waals surface area contributed by atoms with Crippen LogP contribution in [0.2, 0.25) is 0 Å². The Hall–Kier alpha value is -1.84. The standard InChI is InChI=1S/C16H19FN2O/c1-11-5-7-19(8-6-11)15(20)9-12-10-18-14-4-2-3-13(17)16(12)14/h2-4,10-11,18H,5-9H2,1H3. The van der Waals surface area contributed by atoms with Crippen molar-refractivity contribution in [3.8, 4) is 0 Å². The van der Waals surface area contributed by atoms with Crippen LogP contribution in [0.25, 0.3) is 10.9 Å². The van der Waals surface area contributed by atoms with E-state index in [1.165, 1.54) is 6.07 Å². The molecule has 1 fully saturated rings. The third-order valence-corrected chi connectivity index (χ3v) is 4.21. The monoisotopic (exact) mass is 274 g/mol. The normalized spacial score (nSPS) is 16.8. The number of aromatic nitrogens is 1. The third kappa shape index (κ3) is 2.42. The first-order valence-electron chi connectivity index (χ1n) is 7.17. The number of carbonyl (C=O) groups is 1. The minimum absolute atomic E-state index is 0.0982. The molecule has 0 atom stereocenters. The molecule has 0 saturated carbocycles. The number of piperidine rings is 1. The van der Waals surface area contributed by atoms with Crippen molar-refractivity contribution < 1.29 is 9.18 Å². The van der Waals surface area contributed by atoms with Crippen LogP contribution in [0.4, 0.5) is 4.39 Å². The topological polar surface area (TPSA) is 36.1 Å². The largest absolute Gasteiger partial charge is 0.361 e. The average molecular weight is 274 g/mol. The summed E-state index contributed by atoms with van der Waals surface area (Å²) >= 11 is 0. The van der Waals surface area contributed by atoms with Crippen LogP contribution in [0.3, 0.4) is 0 Å². The molecule has 106 valence electrons.